The van der Waals surface area contributed by atoms with Crippen molar-refractivity contribution in [3.05, 3.63) is 34.3 Å². The summed E-state index contributed by atoms with van der Waals surface area (Å²) in [7, 11) is 0. The number of aldehydes is 1. The molecular weight excluding hydrogens is 223 g/mol. The van der Waals surface area contributed by atoms with Crippen LogP contribution in [0.4, 0.5) is 4.39 Å². The molecule has 0 N–H and O–H groups in total. The standard InChI is InChI=1S/C9H8BrFO/c1-9(11,6-12)7-2-4-8(10)5-3-7/h2-6H,1H3. The number of halogens is 2. The van der Waals surface area contributed by atoms with E-state index in [-0.39, 0.29) is 0 Å². The number of rotatable bonds is 2. The molecule has 0 radical (unpaired) electrons. The molecule has 0 bridgehead atoms. The first kappa shape index (κ1) is 9.39. The number of carbonyl (C=O) groups is 1. The minimum absolute atomic E-state index is 0.302. The Morgan fingerprint density at radius 2 is 1.92 bits per heavy atom. The first-order valence-electron chi connectivity index (χ1n) is 3.47. The lowest BCUT2D eigenvalue weighted by Gasteiger charge is -2.12. The molecular formula is C9H8BrFO. The molecule has 1 atom stereocenters. The zero-order chi connectivity index (χ0) is 9.19. The molecule has 1 aromatic carbocycles. The molecule has 0 aliphatic rings. The lowest BCUT2D eigenvalue weighted by molar-refractivity contribution is -0.117. The molecule has 0 aliphatic heterocycles. The van der Waals surface area contributed by atoms with E-state index >= 15 is 0 Å². The van der Waals surface area contributed by atoms with Gasteiger partial charge in [0.05, 0.1) is 0 Å². The normalized spacial score (nSPS) is 15.2. The van der Waals surface area contributed by atoms with Gasteiger partial charge in [-0.1, -0.05) is 28.1 Å². The van der Waals surface area contributed by atoms with Crippen molar-refractivity contribution in [2.45, 2.75) is 12.6 Å². The predicted octanol–water partition coefficient (Wildman–Crippen LogP) is 2.83. The highest BCUT2D eigenvalue weighted by Crippen LogP contribution is 2.24. The van der Waals surface area contributed by atoms with Gasteiger partial charge in [-0.05, 0) is 24.6 Å². The van der Waals surface area contributed by atoms with Crippen LogP contribution in [0.5, 0.6) is 0 Å². The lowest BCUT2D eigenvalue weighted by Crippen LogP contribution is -2.16. The third-order valence-corrected chi connectivity index (χ3v) is 2.16. The van der Waals surface area contributed by atoms with Crippen LogP contribution in [0.15, 0.2) is 28.7 Å². The van der Waals surface area contributed by atoms with Crippen LogP contribution in [-0.4, -0.2) is 6.29 Å². The summed E-state index contributed by atoms with van der Waals surface area (Å²) in [6.45, 7) is 1.24. The fourth-order valence-electron chi connectivity index (χ4n) is 0.844. The van der Waals surface area contributed by atoms with Crippen molar-refractivity contribution < 1.29 is 9.18 Å². The lowest BCUT2D eigenvalue weighted by atomic mass is 10.0. The van der Waals surface area contributed by atoms with E-state index < -0.39 is 5.67 Å². The summed E-state index contributed by atoms with van der Waals surface area (Å²) in [5, 5.41) is 0. The van der Waals surface area contributed by atoms with Crippen LogP contribution in [0.3, 0.4) is 0 Å². The highest BCUT2D eigenvalue weighted by Gasteiger charge is 2.24. The highest BCUT2D eigenvalue weighted by atomic mass is 79.9. The maximum atomic E-state index is 13.3. The summed E-state index contributed by atoms with van der Waals surface area (Å²) >= 11 is 3.22. The number of benzene rings is 1. The number of alkyl halides is 1. The van der Waals surface area contributed by atoms with Gasteiger partial charge >= 0.3 is 0 Å². The van der Waals surface area contributed by atoms with Crippen molar-refractivity contribution in [3.63, 3.8) is 0 Å². The van der Waals surface area contributed by atoms with Gasteiger partial charge in [0.2, 0.25) is 0 Å². The molecule has 12 heavy (non-hydrogen) atoms. The van der Waals surface area contributed by atoms with Gasteiger partial charge in [0.15, 0.2) is 12.0 Å². The van der Waals surface area contributed by atoms with Crippen molar-refractivity contribution in [2.75, 3.05) is 0 Å². The third kappa shape index (κ3) is 1.91. The topological polar surface area (TPSA) is 17.1 Å². The minimum atomic E-state index is -1.87. The minimum Gasteiger partial charge on any atom is -0.299 e. The Kier molecular flexibility index (Phi) is 2.62. The molecule has 0 spiro atoms. The van der Waals surface area contributed by atoms with Crippen LogP contribution in [0.2, 0.25) is 0 Å². The number of hydrogen-bond donors (Lipinski definition) is 0. The van der Waals surface area contributed by atoms with Gasteiger partial charge in [-0.2, -0.15) is 0 Å². The second-order valence-corrected chi connectivity index (χ2v) is 3.62. The van der Waals surface area contributed by atoms with Crippen molar-refractivity contribution >= 4 is 22.2 Å². The average molecular weight is 231 g/mol. The third-order valence-electron chi connectivity index (χ3n) is 1.63. The Morgan fingerprint density at radius 3 is 2.33 bits per heavy atom. The van der Waals surface area contributed by atoms with Gasteiger partial charge in [-0.3, -0.25) is 4.79 Å². The van der Waals surface area contributed by atoms with Crippen molar-refractivity contribution in [2.24, 2.45) is 0 Å². The summed E-state index contributed by atoms with van der Waals surface area (Å²) < 4.78 is 14.2. The second kappa shape index (κ2) is 3.35. The second-order valence-electron chi connectivity index (χ2n) is 2.70. The summed E-state index contributed by atoms with van der Waals surface area (Å²) in [6, 6.07) is 6.57. The van der Waals surface area contributed by atoms with Gasteiger partial charge in [-0.25, -0.2) is 4.39 Å². The first-order chi connectivity index (χ1) is 5.56. The van der Waals surface area contributed by atoms with E-state index in [9.17, 15) is 9.18 Å². The molecule has 1 nitrogen and oxygen atoms in total. The number of hydrogen-bond acceptors (Lipinski definition) is 1. The maximum Gasteiger partial charge on any atom is 0.187 e. The Labute approximate surface area is 78.7 Å². The van der Waals surface area contributed by atoms with Crippen molar-refractivity contribution in [3.8, 4) is 0 Å². The Hall–Kier alpha value is -0.700. The van der Waals surface area contributed by atoms with E-state index in [0.717, 1.165) is 4.47 Å². The fourth-order valence-corrected chi connectivity index (χ4v) is 1.11. The van der Waals surface area contributed by atoms with Crippen LogP contribution in [-0.2, 0) is 10.5 Å². The summed E-state index contributed by atoms with van der Waals surface area (Å²) in [6.07, 6.45) is 0.302. The first-order valence-corrected chi connectivity index (χ1v) is 4.27. The van der Waals surface area contributed by atoms with Crippen LogP contribution in [0.1, 0.15) is 12.5 Å². The van der Waals surface area contributed by atoms with Gasteiger partial charge in [0.1, 0.15) is 0 Å². The van der Waals surface area contributed by atoms with Gasteiger partial charge in [0, 0.05) is 4.47 Å². The molecule has 0 heterocycles. The van der Waals surface area contributed by atoms with Crippen molar-refractivity contribution in [1.29, 1.82) is 0 Å². The quantitative estimate of drug-likeness (QED) is 0.715. The van der Waals surface area contributed by atoms with E-state index in [1.165, 1.54) is 6.92 Å². The molecule has 1 unspecified atom stereocenters. The molecule has 0 saturated heterocycles. The zero-order valence-electron chi connectivity index (χ0n) is 6.55. The molecule has 3 heteroatoms. The molecule has 0 amide bonds. The molecule has 0 aliphatic carbocycles. The van der Waals surface area contributed by atoms with E-state index in [2.05, 4.69) is 15.9 Å². The van der Waals surface area contributed by atoms with Crippen LogP contribution in [0.25, 0.3) is 0 Å². The molecule has 0 fully saturated rings. The monoisotopic (exact) mass is 230 g/mol. The summed E-state index contributed by atoms with van der Waals surface area (Å²) in [5.74, 6) is 0. The molecule has 1 rings (SSSR count). The van der Waals surface area contributed by atoms with Gasteiger partial charge < -0.3 is 0 Å². The van der Waals surface area contributed by atoms with Crippen LogP contribution in [0, 0.1) is 0 Å². The van der Waals surface area contributed by atoms with E-state index in [1.807, 2.05) is 0 Å². The Morgan fingerprint density at radius 1 is 1.42 bits per heavy atom. The van der Waals surface area contributed by atoms with Crippen LogP contribution < -0.4 is 0 Å². The largest absolute Gasteiger partial charge is 0.299 e. The zero-order valence-corrected chi connectivity index (χ0v) is 8.14. The molecule has 1 aromatic rings. The Bertz CT molecular complexity index is 279. The smallest absolute Gasteiger partial charge is 0.187 e. The van der Waals surface area contributed by atoms with Crippen LogP contribution >= 0.6 is 15.9 Å². The number of carbonyl (C=O) groups excluding carboxylic acids is 1. The SMILES string of the molecule is CC(F)(C=O)c1ccc(Br)cc1. The average Bonchev–Trinajstić information content (AvgIpc) is 2.05. The fraction of sp³-hybridized carbons (Fsp3) is 0.222. The maximum absolute atomic E-state index is 13.3. The Balaban J connectivity index is 3.04. The highest BCUT2D eigenvalue weighted by molar-refractivity contribution is 9.10. The van der Waals surface area contributed by atoms with E-state index in [0.29, 0.717) is 11.8 Å². The van der Waals surface area contributed by atoms with E-state index in [4.69, 9.17) is 0 Å². The van der Waals surface area contributed by atoms with Gasteiger partial charge in [0.25, 0.3) is 0 Å². The summed E-state index contributed by atoms with van der Waals surface area (Å²) in [4.78, 5) is 10.3. The molecule has 64 valence electrons. The van der Waals surface area contributed by atoms with E-state index in [1.54, 1.807) is 24.3 Å². The van der Waals surface area contributed by atoms with Crippen molar-refractivity contribution in [1.82, 2.24) is 0 Å². The molecule has 0 aromatic heterocycles. The van der Waals surface area contributed by atoms with Gasteiger partial charge in [-0.15, -0.1) is 0 Å². The molecule has 0 saturated carbocycles. The summed E-state index contributed by atoms with van der Waals surface area (Å²) in [5.41, 5.74) is -1.50. The predicted molar refractivity (Wildman–Crippen MR) is 48.7 cm³/mol.